The molecule has 0 aliphatic heterocycles. The smallest absolute Gasteiger partial charge is 0.311 e. The van der Waals surface area contributed by atoms with E-state index in [-0.39, 0.29) is 11.3 Å². The number of phenolic OH excluding ortho intramolecular Hbond substituents is 1. The molecule has 102 valence electrons. The Labute approximate surface area is 114 Å². The van der Waals surface area contributed by atoms with Crippen molar-refractivity contribution in [2.45, 2.75) is 0 Å². The number of hydrogen-bond acceptors (Lipinski definition) is 5. The van der Waals surface area contributed by atoms with Crippen LogP contribution < -0.4 is 4.74 Å². The van der Waals surface area contributed by atoms with Gasteiger partial charge in [0.25, 0.3) is 0 Å². The molecule has 0 aromatic heterocycles. The standard InChI is InChI=1S/C14H11NO5/c1-20-13-8-12(16)11(15(18)19)7-10(13)14(17)9-5-3-2-4-6-9/h2-8,16H,1H3. The van der Waals surface area contributed by atoms with Crippen LogP contribution in [0.2, 0.25) is 0 Å². The molecule has 0 aliphatic rings. The lowest BCUT2D eigenvalue weighted by molar-refractivity contribution is -0.385. The maximum absolute atomic E-state index is 12.3. The zero-order chi connectivity index (χ0) is 14.7. The third kappa shape index (κ3) is 2.44. The number of ketones is 1. The minimum Gasteiger partial charge on any atom is -0.502 e. The molecule has 2 rings (SSSR count). The lowest BCUT2D eigenvalue weighted by atomic mass is 10.0. The Hall–Kier alpha value is -2.89. The third-order valence-corrected chi connectivity index (χ3v) is 2.77. The van der Waals surface area contributed by atoms with Crippen molar-refractivity contribution in [3.05, 3.63) is 63.7 Å². The largest absolute Gasteiger partial charge is 0.502 e. The summed E-state index contributed by atoms with van der Waals surface area (Å²) >= 11 is 0. The van der Waals surface area contributed by atoms with Crippen LogP contribution in [0.15, 0.2) is 42.5 Å². The summed E-state index contributed by atoms with van der Waals surface area (Å²) in [5.41, 5.74) is -0.126. The van der Waals surface area contributed by atoms with Crippen LogP contribution in [-0.4, -0.2) is 22.9 Å². The minimum absolute atomic E-state index is 0.0307. The van der Waals surface area contributed by atoms with Crippen molar-refractivity contribution in [2.75, 3.05) is 7.11 Å². The van der Waals surface area contributed by atoms with E-state index >= 15 is 0 Å². The first-order valence-electron chi connectivity index (χ1n) is 5.69. The van der Waals surface area contributed by atoms with Crippen LogP contribution >= 0.6 is 0 Å². The molecule has 0 saturated heterocycles. The summed E-state index contributed by atoms with van der Waals surface area (Å²) in [5.74, 6) is -0.871. The van der Waals surface area contributed by atoms with E-state index in [4.69, 9.17) is 4.74 Å². The average molecular weight is 273 g/mol. The molecule has 0 amide bonds. The number of methoxy groups -OCH3 is 1. The molecular weight excluding hydrogens is 262 g/mol. The van der Waals surface area contributed by atoms with Gasteiger partial charge in [0.05, 0.1) is 17.6 Å². The van der Waals surface area contributed by atoms with E-state index in [2.05, 4.69) is 0 Å². The van der Waals surface area contributed by atoms with Crippen LogP contribution in [-0.2, 0) is 0 Å². The van der Waals surface area contributed by atoms with Crippen molar-refractivity contribution in [1.29, 1.82) is 0 Å². The van der Waals surface area contributed by atoms with E-state index in [1.54, 1.807) is 30.3 Å². The first kappa shape index (κ1) is 13.5. The van der Waals surface area contributed by atoms with E-state index < -0.39 is 22.1 Å². The maximum Gasteiger partial charge on any atom is 0.311 e. The number of nitro groups is 1. The molecule has 6 heteroatoms. The SMILES string of the molecule is COc1cc(O)c([N+](=O)[O-])cc1C(=O)c1ccccc1. The van der Waals surface area contributed by atoms with Crippen molar-refractivity contribution in [2.24, 2.45) is 0 Å². The number of benzene rings is 2. The minimum atomic E-state index is -0.753. The number of phenols is 1. The molecular formula is C14H11NO5. The molecule has 2 aromatic rings. The Bertz CT molecular complexity index is 667. The van der Waals surface area contributed by atoms with Crippen molar-refractivity contribution >= 4 is 11.5 Å². The van der Waals surface area contributed by atoms with E-state index in [0.717, 1.165) is 12.1 Å². The topological polar surface area (TPSA) is 89.7 Å². The van der Waals surface area contributed by atoms with Gasteiger partial charge >= 0.3 is 5.69 Å². The Morgan fingerprint density at radius 2 is 1.90 bits per heavy atom. The van der Waals surface area contributed by atoms with Crippen molar-refractivity contribution in [3.8, 4) is 11.5 Å². The normalized spacial score (nSPS) is 10.1. The van der Waals surface area contributed by atoms with Crippen molar-refractivity contribution < 1.29 is 19.6 Å². The van der Waals surface area contributed by atoms with E-state index in [1.165, 1.54) is 7.11 Å². The molecule has 20 heavy (non-hydrogen) atoms. The van der Waals surface area contributed by atoms with Crippen molar-refractivity contribution in [3.63, 3.8) is 0 Å². The lowest BCUT2D eigenvalue weighted by Gasteiger charge is -2.08. The fourth-order valence-electron chi connectivity index (χ4n) is 1.80. The van der Waals surface area contributed by atoms with Crippen LogP contribution in [0.1, 0.15) is 15.9 Å². The van der Waals surface area contributed by atoms with Gasteiger partial charge < -0.3 is 9.84 Å². The van der Waals surface area contributed by atoms with Gasteiger partial charge in [0.2, 0.25) is 0 Å². The number of rotatable bonds is 4. The monoisotopic (exact) mass is 273 g/mol. The second-order valence-corrected chi connectivity index (χ2v) is 3.99. The van der Waals surface area contributed by atoms with Gasteiger partial charge in [-0.2, -0.15) is 0 Å². The van der Waals surface area contributed by atoms with Gasteiger partial charge in [-0.05, 0) is 0 Å². The summed E-state index contributed by atoms with van der Waals surface area (Å²) in [6.45, 7) is 0. The Morgan fingerprint density at radius 3 is 2.45 bits per heavy atom. The summed E-state index contributed by atoms with van der Waals surface area (Å²) < 4.78 is 5.00. The van der Waals surface area contributed by atoms with Gasteiger partial charge in [-0.15, -0.1) is 0 Å². The molecule has 0 saturated carbocycles. The van der Waals surface area contributed by atoms with Crippen LogP contribution in [0.3, 0.4) is 0 Å². The molecule has 0 bridgehead atoms. The zero-order valence-electron chi connectivity index (χ0n) is 10.6. The van der Waals surface area contributed by atoms with E-state index in [0.29, 0.717) is 5.56 Å². The number of ether oxygens (including phenoxy) is 1. The Kier molecular flexibility index (Phi) is 3.65. The second kappa shape index (κ2) is 5.40. The fraction of sp³-hybridized carbons (Fsp3) is 0.0714. The molecule has 1 N–H and O–H groups in total. The highest BCUT2D eigenvalue weighted by molar-refractivity contribution is 6.11. The Morgan fingerprint density at radius 1 is 1.25 bits per heavy atom. The highest BCUT2D eigenvalue weighted by atomic mass is 16.6. The summed E-state index contributed by atoms with van der Waals surface area (Å²) in [6.07, 6.45) is 0. The predicted octanol–water partition coefficient (Wildman–Crippen LogP) is 2.54. The molecule has 2 aromatic carbocycles. The number of carbonyl (C=O) groups excluding carboxylic acids is 1. The molecule has 6 nitrogen and oxygen atoms in total. The summed E-state index contributed by atoms with van der Waals surface area (Å²) in [4.78, 5) is 22.4. The molecule has 0 aliphatic carbocycles. The molecule has 0 atom stereocenters. The van der Waals surface area contributed by atoms with Crippen LogP contribution in [0.4, 0.5) is 5.69 Å². The molecule has 0 spiro atoms. The van der Waals surface area contributed by atoms with Gasteiger partial charge in [0.15, 0.2) is 11.5 Å². The van der Waals surface area contributed by atoms with Crippen molar-refractivity contribution in [1.82, 2.24) is 0 Å². The number of nitrogens with zero attached hydrogens (tertiary/aromatic N) is 1. The number of nitro benzene ring substituents is 1. The Balaban J connectivity index is 2.58. The summed E-state index contributed by atoms with van der Waals surface area (Å²) in [6, 6.07) is 10.4. The predicted molar refractivity (Wildman–Crippen MR) is 71.2 cm³/mol. The highest BCUT2D eigenvalue weighted by Gasteiger charge is 2.22. The maximum atomic E-state index is 12.3. The van der Waals surface area contributed by atoms with Crippen LogP contribution in [0.25, 0.3) is 0 Å². The average Bonchev–Trinajstić information content (AvgIpc) is 2.46. The van der Waals surface area contributed by atoms with Gasteiger partial charge in [0.1, 0.15) is 5.75 Å². The van der Waals surface area contributed by atoms with Gasteiger partial charge in [-0.1, -0.05) is 30.3 Å². The highest BCUT2D eigenvalue weighted by Crippen LogP contribution is 2.34. The number of carbonyl (C=O) groups is 1. The number of aromatic hydroxyl groups is 1. The first-order valence-corrected chi connectivity index (χ1v) is 5.69. The fourth-order valence-corrected chi connectivity index (χ4v) is 1.80. The number of hydrogen-bond donors (Lipinski definition) is 1. The van der Waals surface area contributed by atoms with E-state index in [1.807, 2.05) is 0 Å². The zero-order valence-corrected chi connectivity index (χ0v) is 10.6. The molecule has 0 heterocycles. The third-order valence-electron chi connectivity index (χ3n) is 2.77. The van der Waals surface area contributed by atoms with Crippen LogP contribution in [0.5, 0.6) is 11.5 Å². The first-order chi connectivity index (χ1) is 9.54. The molecule has 0 fully saturated rings. The second-order valence-electron chi connectivity index (χ2n) is 3.99. The molecule has 0 unspecified atom stereocenters. The molecule has 0 radical (unpaired) electrons. The van der Waals surface area contributed by atoms with E-state index in [9.17, 15) is 20.0 Å². The lowest BCUT2D eigenvalue weighted by Crippen LogP contribution is -2.05. The van der Waals surface area contributed by atoms with Gasteiger partial charge in [-0.25, -0.2) is 0 Å². The van der Waals surface area contributed by atoms with Gasteiger partial charge in [0, 0.05) is 17.7 Å². The van der Waals surface area contributed by atoms with Crippen LogP contribution in [0, 0.1) is 10.1 Å². The summed E-state index contributed by atoms with van der Waals surface area (Å²) in [5, 5.41) is 20.4. The summed E-state index contributed by atoms with van der Waals surface area (Å²) in [7, 11) is 1.32. The van der Waals surface area contributed by atoms with Gasteiger partial charge in [-0.3, -0.25) is 14.9 Å². The quantitative estimate of drug-likeness (QED) is 0.525.